The quantitative estimate of drug-likeness (QED) is 0.829. The SMILES string of the molecule is Cc1ccc(CNCCN2CCC(C(C)(C)C)CC2)s1. The summed E-state index contributed by atoms with van der Waals surface area (Å²) in [7, 11) is 0. The van der Waals surface area contributed by atoms with Gasteiger partial charge in [-0.2, -0.15) is 0 Å². The molecule has 1 fully saturated rings. The molecule has 0 amide bonds. The normalized spacial score (nSPS) is 18.6. The molecule has 1 aliphatic heterocycles. The molecule has 20 heavy (non-hydrogen) atoms. The second-order valence-corrected chi connectivity index (χ2v) is 8.54. The van der Waals surface area contributed by atoms with Gasteiger partial charge in [-0.15, -0.1) is 11.3 Å². The highest BCUT2D eigenvalue weighted by Crippen LogP contribution is 2.34. The van der Waals surface area contributed by atoms with Crippen LogP contribution < -0.4 is 5.32 Å². The first-order valence-electron chi connectivity index (χ1n) is 7.93. The molecule has 0 radical (unpaired) electrons. The molecule has 1 N–H and O–H groups in total. The highest BCUT2D eigenvalue weighted by atomic mass is 32.1. The van der Waals surface area contributed by atoms with Crippen molar-refractivity contribution >= 4 is 11.3 Å². The van der Waals surface area contributed by atoms with Gasteiger partial charge in [0, 0.05) is 29.4 Å². The van der Waals surface area contributed by atoms with Crippen LogP contribution in [0.25, 0.3) is 0 Å². The molecule has 2 rings (SSSR count). The average molecular weight is 295 g/mol. The standard InChI is InChI=1S/C17H30N2S/c1-14-5-6-16(20-14)13-18-9-12-19-10-7-15(8-11-19)17(2,3)4/h5-6,15,18H,7-13H2,1-4H3. The lowest BCUT2D eigenvalue weighted by Crippen LogP contribution is -2.40. The Balaban J connectivity index is 1.59. The molecule has 0 aromatic carbocycles. The molecule has 0 unspecified atom stereocenters. The maximum absolute atomic E-state index is 3.57. The van der Waals surface area contributed by atoms with Crippen molar-refractivity contribution in [1.82, 2.24) is 10.2 Å². The predicted molar refractivity (Wildman–Crippen MR) is 89.4 cm³/mol. The smallest absolute Gasteiger partial charge is 0.0300 e. The summed E-state index contributed by atoms with van der Waals surface area (Å²) in [6, 6.07) is 4.45. The van der Waals surface area contributed by atoms with Crippen LogP contribution in [0.5, 0.6) is 0 Å². The molecule has 0 saturated carbocycles. The van der Waals surface area contributed by atoms with Gasteiger partial charge in [0.2, 0.25) is 0 Å². The summed E-state index contributed by atoms with van der Waals surface area (Å²) in [5.41, 5.74) is 0.487. The zero-order valence-corrected chi connectivity index (χ0v) is 14.4. The topological polar surface area (TPSA) is 15.3 Å². The van der Waals surface area contributed by atoms with Crippen molar-refractivity contribution in [3.05, 3.63) is 21.9 Å². The third-order valence-corrected chi connectivity index (χ3v) is 5.51. The van der Waals surface area contributed by atoms with Crippen molar-refractivity contribution in [3.8, 4) is 0 Å². The minimum absolute atomic E-state index is 0.487. The van der Waals surface area contributed by atoms with E-state index >= 15 is 0 Å². The van der Waals surface area contributed by atoms with Gasteiger partial charge in [-0.1, -0.05) is 20.8 Å². The Morgan fingerprint density at radius 3 is 2.50 bits per heavy atom. The molecule has 114 valence electrons. The maximum atomic E-state index is 3.57. The van der Waals surface area contributed by atoms with Crippen LogP contribution in [0.2, 0.25) is 0 Å². The highest BCUT2D eigenvalue weighted by molar-refractivity contribution is 7.11. The van der Waals surface area contributed by atoms with Crippen LogP contribution >= 0.6 is 11.3 Å². The Bertz CT molecular complexity index is 397. The second kappa shape index (κ2) is 7.06. The van der Waals surface area contributed by atoms with Crippen molar-refractivity contribution in [2.45, 2.75) is 47.1 Å². The van der Waals surface area contributed by atoms with Gasteiger partial charge in [0.05, 0.1) is 0 Å². The lowest BCUT2D eigenvalue weighted by Gasteiger charge is -2.38. The molecular formula is C17H30N2S. The summed E-state index contributed by atoms with van der Waals surface area (Å²) >= 11 is 1.90. The molecule has 3 heteroatoms. The van der Waals surface area contributed by atoms with E-state index in [1.54, 1.807) is 0 Å². The fourth-order valence-corrected chi connectivity index (χ4v) is 3.91. The van der Waals surface area contributed by atoms with Crippen molar-refractivity contribution in [2.75, 3.05) is 26.2 Å². The van der Waals surface area contributed by atoms with E-state index in [1.807, 2.05) is 11.3 Å². The highest BCUT2D eigenvalue weighted by Gasteiger charge is 2.28. The first-order valence-corrected chi connectivity index (χ1v) is 8.75. The average Bonchev–Trinajstić information content (AvgIpc) is 2.80. The van der Waals surface area contributed by atoms with E-state index < -0.39 is 0 Å². The monoisotopic (exact) mass is 294 g/mol. The Kier molecular flexibility index (Phi) is 5.65. The van der Waals surface area contributed by atoms with E-state index in [4.69, 9.17) is 0 Å². The largest absolute Gasteiger partial charge is 0.311 e. The Morgan fingerprint density at radius 1 is 1.25 bits per heavy atom. The number of hydrogen-bond donors (Lipinski definition) is 1. The van der Waals surface area contributed by atoms with Crippen LogP contribution in [-0.2, 0) is 6.54 Å². The van der Waals surface area contributed by atoms with Crippen molar-refractivity contribution in [1.29, 1.82) is 0 Å². The minimum atomic E-state index is 0.487. The zero-order valence-electron chi connectivity index (χ0n) is 13.5. The molecule has 1 aromatic rings. The molecular weight excluding hydrogens is 264 g/mol. The van der Waals surface area contributed by atoms with Crippen LogP contribution in [0.1, 0.15) is 43.4 Å². The summed E-state index contributed by atoms with van der Waals surface area (Å²) in [6.45, 7) is 15.2. The van der Waals surface area contributed by atoms with Gasteiger partial charge in [0.1, 0.15) is 0 Å². The van der Waals surface area contributed by atoms with Crippen molar-refractivity contribution in [2.24, 2.45) is 11.3 Å². The third-order valence-electron chi connectivity index (χ3n) is 4.51. The van der Waals surface area contributed by atoms with E-state index in [9.17, 15) is 0 Å². The van der Waals surface area contributed by atoms with Gasteiger partial charge >= 0.3 is 0 Å². The predicted octanol–water partition coefficient (Wildman–Crippen LogP) is 3.90. The van der Waals surface area contributed by atoms with Crippen LogP contribution in [0.4, 0.5) is 0 Å². The van der Waals surface area contributed by atoms with Gasteiger partial charge in [0.25, 0.3) is 0 Å². The van der Waals surface area contributed by atoms with E-state index in [0.717, 1.165) is 19.0 Å². The van der Waals surface area contributed by atoms with Crippen LogP contribution in [0.15, 0.2) is 12.1 Å². The van der Waals surface area contributed by atoms with Crippen molar-refractivity contribution in [3.63, 3.8) is 0 Å². The number of aryl methyl sites for hydroxylation is 1. The van der Waals surface area contributed by atoms with Crippen LogP contribution in [0.3, 0.4) is 0 Å². The van der Waals surface area contributed by atoms with E-state index in [-0.39, 0.29) is 0 Å². The second-order valence-electron chi connectivity index (χ2n) is 7.17. The summed E-state index contributed by atoms with van der Waals surface area (Å²) in [5.74, 6) is 0.904. The third kappa shape index (κ3) is 4.87. The summed E-state index contributed by atoms with van der Waals surface area (Å²) in [6.07, 6.45) is 2.74. The summed E-state index contributed by atoms with van der Waals surface area (Å²) in [4.78, 5) is 5.48. The van der Waals surface area contributed by atoms with Crippen LogP contribution in [0, 0.1) is 18.3 Å². The number of thiophene rings is 1. The number of likely N-dealkylation sites (tertiary alicyclic amines) is 1. The van der Waals surface area contributed by atoms with Gasteiger partial charge < -0.3 is 10.2 Å². The lowest BCUT2D eigenvalue weighted by molar-refractivity contribution is 0.113. The fourth-order valence-electron chi connectivity index (χ4n) is 3.05. The molecule has 1 aromatic heterocycles. The van der Waals surface area contributed by atoms with Gasteiger partial charge in [-0.05, 0) is 56.3 Å². The lowest BCUT2D eigenvalue weighted by atomic mass is 9.75. The number of rotatable bonds is 5. The summed E-state index contributed by atoms with van der Waals surface area (Å²) in [5, 5.41) is 3.57. The number of hydrogen-bond acceptors (Lipinski definition) is 3. The molecule has 2 nitrogen and oxygen atoms in total. The molecule has 1 saturated heterocycles. The van der Waals surface area contributed by atoms with E-state index in [0.29, 0.717) is 5.41 Å². The molecule has 1 aliphatic rings. The fraction of sp³-hybridized carbons (Fsp3) is 0.765. The first-order chi connectivity index (χ1) is 9.45. The molecule has 0 spiro atoms. The number of piperidine rings is 1. The number of nitrogens with one attached hydrogen (secondary N) is 1. The molecule has 0 atom stereocenters. The van der Waals surface area contributed by atoms with Gasteiger partial charge in [-0.3, -0.25) is 0 Å². The minimum Gasteiger partial charge on any atom is -0.311 e. The maximum Gasteiger partial charge on any atom is 0.0300 e. The molecule has 0 bridgehead atoms. The molecule has 2 heterocycles. The first kappa shape index (κ1) is 16.0. The van der Waals surface area contributed by atoms with Crippen molar-refractivity contribution < 1.29 is 0 Å². The Morgan fingerprint density at radius 2 is 1.95 bits per heavy atom. The van der Waals surface area contributed by atoms with E-state index in [2.05, 4.69) is 50.0 Å². The van der Waals surface area contributed by atoms with Gasteiger partial charge in [-0.25, -0.2) is 0 Å². The Labute approximate surface area is 128 Å². The van der Waals surface area contributed by atoms with E-state index in [1.165, 1.54) is 42.2 Å². The number of nitrogens with zero attached hydrogens (tertiary/aromatic N) is 1. The Hall–Kier alpha value is -0.380. The molecule has 0 aliphatic carbocycles. The zero-order chi connectivity index (χ0) is 14.6. The van der Waals surface area contributed by atoms with Crippen LogP contribution in [-0.4, -0.2) is 31.1 Å². The summed E-state index contributed by atoms with van der Waals surface area (Å²) < 4.78 is 0. The van der Waals surface area contributed by atoms with Gasteiger partial charge in [0.15, 0.2) is 0 Å².